The summed E-state index contributed by atoms with van der Waals surface area (Å²) in [6.07, 6.45) is 2.22. The van der Waals surface area contributed by atoms with Crippen molar-refractivity contribution in [2.75, 3.05) is 6.54 Å². The first-order valence-electron chi connectivity index (χ1n) is 15.7. The lowest BCUT2D eigenvalue weighted by Gasteiger charge is -2.25. The molecule has 1 aromatic heterocycles. The van der Waals surface area contributed by atoms with Crippen molar-refractivity contribution in [1.82, 2.24) is 20.3 Å². The van der Waals surface area contributed by atoms with Gasteiger partial charge in [0.05, 0.1) is 11.8 Å². The summed E-state index contributed by atoms with van der Waals surface area (Å²) in [6, 6.07) is 21.7. The third-order valence-corrected chi connectivity index (χ3v) is 9.64. The molecule has 14 heteroatoms. The summed E-state index contributed by atoms with van der Waals surface area (Å²) in [5.74, 6) is -2.11. The van der Waals surface area contributed by atoms with E-state index in [1.165, 1.54) is 6.20 Å². The molecular formula is C35H41N7O5S2. The maximum atomic E-state index is 14.0. The molecule has 0 bridgehead atoms. The maximum absolute atomic E-state index is 14.0. The first-order valence-corrected chi connectivity index (χ1v) is 18.3. The number of thiazole rings is 1. The molecule has 0 aliphatic carbocycles. The van der Waals surface area contributed by atoms with Gasteiger partial charge in [0.2, 0.25) is 27.6 Å². The van der Waals surface area contributed by atoms with Crippen LogP contribution in [0, 0.1) is 6.92 Å². The van der Waals surface area contributed by atoms with E-state index in [0.29, 0.717) is 12.0 Å². The molecule has 258 valence electrons. The van der Waals surface area contributed by atoms with Gasteiger partial charge < -0.3 is 22.1 Å². The second-order valence-electron chi connectivity index (χ2n) is 11.6. The Morgan fingerprint density at radius 1 is 0.816 bits per heavy atom. The smallest absolute Gasteiger partial charge is 0.243 e. The highest BCUT2D eigenvalue weighted by atomic mass is 32.2. The summed E-state index contributed by atoms with van der Waals surface area (Å²) < 4.78 is 29.2. The molecular weight excluding hydrogens is 663 g/mol. The summed E-state index contributed by atoms with van der Waals surface area (Å²) in [6.45, 7) is 2.15. The fourth-order valence-electron chi connectivity index (χ4n) is 5.19. The molecule has 1 heterocycles. The fraction of sp³-hybridized carbons (Fsp3) is 0.286. The Morgan fingerprint density at radius 2 is 1.43 bits per heavy atom. The molecule has 4 rings (SSSR count). The van der Waals surface area contributed by atoms with Crippen LogP contribution in [0.4, 0.5) is 0 Å². The van der Waals surface area contributed by atoms with Gasteiger partial charge in [-0.05, 0) is 42.9 Å². The minimum absolute atomic E-state index is 0.0371. The van der Waals surface area contributed by atoms with Gasteiger partial charge >= 0.3 is 0 Å². The molecule has 0 saturated heterocycles. The van der Waals surface area contributed by atoms with Crippen LogP contribution in [0.15, 0.2) is 101 Å². The quantitative estimate of drug-likeness (QED) is 0.0451. The van der Waals surface area contributed by atoms with Crippen molar-refractivity contribution in [1.29, 1.82) is 0 Å². The molecule has 3 aromatic carbocycles. The predicted octanol–water partition coefficient (Wildman–Crippen LogP) is 2.63. The SMILES string of the molecule is Cc1cccc(C[C@H](NC(=O)[C@@H](Cc2ccccc2)NS(=O)(=O)Cc2ccccc2)C(=O)N[C@@H](CCCN=C(N)N)C(=O)c2nccs2)c1. The number of Topliss-reactive ketones (excluding diaryl/α,β-unsaturated/α-hetero) is 1. The van der Waals surface area contributed by atoms with E-state index in [1.54, 1.807) is 60.0 Å². The van der Waals surface area contributed by atoms with Crippen LogP contribution in [0.5, 0.6) is 0 Å². The van der Waals surface area contributed by atoms with Crippen LogP contribution in [0.3, 0.4) is 0 Å². The van der Waals surface area contributed by atoms with E-state index < -0.39 is 40.0 Å². The van der Waals surface area contributed by atoms with Gasteiger partial charge in [-0.15, -0.1) is 11.3 Å². The summed E-state index contributed by atoms with van der Waals surface area (Å²) in [7, 11) is -3.98. The van der Waals surface area contributed by atoms with Crippen LogP contribution in [0.1, 0.15) is 44.9 Å². The Kier molecular flexibility index (Phi) is 13.6. The van der Waals surface area contributed by atoms with Crippen LogP contribution < -0.4 is 26.8 Å². The monoisotopic (exact) mass is 703 g/mol. The van der Waals surface area contributed by atoms with Gasteiger partial charge in [0.25, 0.3) is 0 Å². The van der Waals surface area contributed by atoms with Crippen LogP contribution in [-0.4, -0.2) is 61.6 Å². The van der Waals surface area contributed by atoms with Gasteiger partial charge in [-0.3, -0.25) is 19.4 Å². The molecule has 49 heavy (non-hydrogen) atoms. The van der Waals surface area contributed by atoms with Gasteiger partial charge in [0.1, 0.15) is 12.1 Å². The second-order valence-corrected chi connectivity index (χ2v) is 14.2. The van der Waals surface area contributed by atoms with Gasteiger partial charge in [-0.25, -0.2) is 18.1 Å². The number of nitrogens with zero attached hydrogens (tertiary/aromatic N) is 2. The minimum Gasteiger partial charge on any atom is -0.370 e. The zero-order chi connectivity index (χ0) is 35.2. The molecule has 2 amide bonds. The highest BCUT2D eigenvalue weighted by Crippen LogP contribution is 2.14. The Balaban J connectivity index is 1.60. The number of hydrogen-bond acceptors (Lipinski definition) is 8. The van der Waals surface area contributed by atoms with E-state index in [0.717, 1.165) is 28.0 Å². The van der Waals surface area contributed by atoms with Gasteiger partial charge in [-0.1, -0.05) is 90.5 Å². The summed E-state index contributed by atoms with van der Waals surface area (Å²) in [5, 5.41) is 7.50. The second kappa shape index (κ2) is 18.0. The Bertz CT molecular complexity index is 1820. The number of hydrogen-bond donors (Lipinski definition) is 5. The first kappa shape index (κ1) is 36.9. The zero-order valence-corrected chi connectivity index (χ0v) is 28.8. The van der Waals surface area contributed by atoms with Gasteiger partial charge in [0, 0.05) is 24.5 Å². The lowest BCUT2D eigenvalue weighted by atomic mass is 10.0. The number of carbonyl (C=O) groups is 3. The Morgan fingerprint density at radius 3 is 2.06 bits per heavy atom. The lowest BCUT2D eigenvalue weighted by molar-refractivity contribution is -0.130. The minimum atomic E-state index is -3.98. The molecule has 4 aromatic rings. The number of amides is 2. The number of sulfonamides is 1. The van der Waals surface area contributed by atoms with Crippen LogP contribution in [-0.2, 0) is 38.2 Å². The molecule has 7 N–H and O–H groups in total. The number of nitrogens with one attached hydrogen (secondary N) is 3. The maximum Gasteiger partial charge on any atom is 0.243 e. The fourth-order valence-corrected chi connectivity index (χ4v) is 7.15. The molecule has 12 nitrogen and oxygen atoms in total. The molecule has 0 radical (unpaired) electrons. The van der Waals surface area contributed by atoms with Gasteiger partial charge in [0.15, 0.2) is 11.0 Å². The highest BCUT2D eigenvalue weighted by molar-refractivity contribution is 7.88. The molecule has 0 aliphatic rings. The van der Waals surface area contributed by atoms with Crippen molar-refractivity contribution in [3.63, 3.8) is 0 Å². The molecule has 0 spiro atoms. The predicted molar refractivity (Wildman–Crippen MR) is 191 cm³/mol. The molecule has 0 saturated carbocycles. The molecule has 0 fully saturated rings. The Labute approximate surface area is 290 Å². The summed E-state index contributed by atoms with van der Waals surface area (Å²) in [5.41, 5.74) is 13.9. The lowest BCUT2D eigenvalue weighted by Crippen LogP contribution is -2.57. The van der Waals surface area contributed by atoms with Crippen LogP contribution in [0.25, 0.3) is 0 Å². The number of aryl methyl sites for hydroxylation is 1. The average molecular weight is 704 g/mol. The number of carbonyl (C=O) groups excluding carboxylic acids is 3. The van der Waals surface area contributed by atoms with Crippen molar-refractivity contribution in [2.24, 2.45) is 16.5 Å². The highest BCUT2D eigenvalue weighted by Gasteiger charge is 2.32. The van der Waals surface area contributed by atoms with Crippen molar-refractivity contribution in [2.45, 2.75) is 56.5 Å². The van der Waals surface area contributed by atoms with E-state index in [2.05, 4.69) is 25.3 Å². The van der Waals surface area contributed by atoms with Gasteiger partial charge in [-0.2, -0.15) is 0 Å². The number of ketones is 1. The standard InChI is InChI=1S/C35H41N7O5S2/c1-24-10-8-15-27(20-24)22-29(32(44)40-28(16-9-17-39-35(36)37)31(43)34-38-18-19-48-34)41-33(45)30(21-25-11-4-2-5-12-25)42-49(46,47)23-26-13-6-3-7-14-26/h2-8,10-15,18-20,28-30,42H,9,16-17,21-23H2,1H3,(H,40,44)(H,41,45)(H4,36,37,39)/t28-,29-,30+/m0/s1. The van der Waals surface area contributed by atoms with Crippen LogP contribution in [0.2, 0.25) is 0 Å². The van der Waals surface area contributed by atoms with Crippen molar-refractivity contribution in [3.05, 3.63) is 124 Å². The largest absolute Gasteiger partial charge is 0.370 e. The number of aromatic nitrogens is 1. The number of nitrogens with two attached hydrogens (primary N) is 2. The zero-order valence-electron chi connectivity index (χ0n) is 27.1. The van der Waals surface area contributed by atoms with E-state index in [4.69, 9.17) is 11.5 Å². The molecule has 3 atom stereocenters. The van der Waals surface area contributed by atoms with Crippen molar-refractivity contribution in [3.8, 4) is 0 Å². The van der Waals surface area contributed by atoms with Crippen molar-refractivity contribution < 1.29 is 22.8 Å². The van der Waals surface area contributed by atoms with E-state index in [9.17, 15) is 22.8 Å². The number of rotatable bonds is 18. The normalized spacial score (nSPS) is 13.1. The number of benzene rings is 3. The van der Waals surface area contributed by atoms with E-state index in [-0.39, 0.29) is 48.3 Å². The summed E-state index contributed by atoms with van der Waals surface area (Å²) >= 11 is 1.15. The van der Waals surface area contributed by atoms with Crippen molar-refractivity contribution >= 4 is 44.9 Å². The number of aliphatic imine (C=N–C) groups is 1. The molecule has 0 aliphatic heterocycles. The Hall–Kier alpha value is -4.92. The third-order valence-electron chi connectivity index (χ3n) is 7.50. The summed E-state index contributed by atoms with van der Waals surface area (Å²) in [4.78, 5) is 49.5. The topological polar surface area (TPSA) is 199 Å². The average Bonchev–Trinajstić information content (AvgIpc) is 3.61. The third kappa shape index (κ3) is 12.2. The number of guanidine groups is 1. The molecule has 0 unspecified atom stereocenters. The van der Waals surface area contributed by atoms with E-state index >= 15 is 0 Å². The van der Waals surface area contributed by atoms with E-state index in [1.807, 2.05) is 37.3 Å². The first-order chi connectivity index (χ1) is 23.5. The van der Waals surface area contributed by atoms with Crippen LogP contribution >= 0.6 is 11.3 Å².